The molecule has 0 fully saturated rings. The molecule has 180 valence electrons. The topological polar surface area (TPSA) is 94.2 Å². The molecule has 36 heavy (non-hydrogen) atoms. The number of aromatic nitrogens is 5. The van der Waals surface area contributed by atoms with Crippen LogP contribution in [0.5, 0.6) is 0 Å². The number of fused-ring (bicyclic) bond motifs is 1. The maximum atomic E-state index is 13.5. The molecule has 0 aliphatic heterocycles. The second-order valence-electron chi connectivity index (χ2n) is 8.59. The molecule has 5 rings (SSSR count). The van der Waals surface area contributed by atoms with Crippen LogP contribution >= 0.6 is 0 Å². The van der Waals surface area contributed by atoms with Gasteiger partial charge in [-0.25, -0.2) is 0 Å². The smallest absolute Gasteiger partial charge is 0.279 e. The number of pyridine rings is 1. The number of carbonyl (C=O) groups excluding carboxylic acids is 1. The Morgan fingerprint density at radius 3 is 2.39 bits per heavy atom. The molecule has 1 N–H and O–H groups in total. The van der Waals surface area contributed by atoms with Gasteiger partial charge in [0.15, 0.2) is 5.82 Å². The summed E-state index contributed by atoms with van der Waals surface area (Å²) in [7, 11) is 0. The van der Waals surface area contributed by atoms with Gasteiger partial charge in [-0.3, -0.25) is 14.6 Å². The Bertz CT molecular complexity index is 1540. The van der Waals surface area contributed by atoms with Gasteiger partial charge in [0.05, 0.1) is 6.54 Å². The van der Waals surface area contributed by atoms with Crippen LogP contribution in [0, 0.1) is 6.92 Å². The molecule has 0 atom stereocenters. The Kier molecular flexibility index (Phi) is 6.66. The minimum absolute atomic E-state index is 0.129. The summed E-state index contributed by atoms with van der Waals surface area (Å²) in [6.45, 7) is 2.83. The SMILES string of the molecule is Cc1c(CCC(=O)NCc2cccnc2)c(=O)n2nc(-c3ccccc3)nc2n1Cc1ccccc1. The van der Waals surface area contributed by atoms with Crippen LogP contribution in [0.4, 0.5) is 0 Å². The van der Waals surface area contributed by atoms with E-state index in [0.29, 0.717) is 36.7 Å². The molecule has 0 saturated heterocycles. The van der Waals surface area contributed by atoms with Crippen molar-refractivity contribution >= 4 is 11.7 Å². The normalized spacial score (nSPS) is 11.0. The average Bonchev–Trinajstić information content (AvgIpc) is 3.37. The minimum Gasteiger partial charge on any atom is -0.352 e. The van der Waals surface area contributed by atoms with E-state index in [0.717, 1.165) is 22.4 Å². The predicted octanol–water partition coefficient (Wildman–Crippen LogP) is 3.56. The quantitative estimate of drug-likeness (QED) is 0.368. The van der Waals surface area contributed by atoms with Crippen molar-refractivity contribution in [3.8, 4) is 11.4 Å². The summed E-state index contributed by atoms with van der Waals surface area (Å²) in [5.74, 6) is 0.834. The standard InChI is InChI=1S/C28H26N6O2/c1-20-24(14-15-25(35)30-18-22-11-8-16-29-17-22)27(36)34-28(33(20)19-21-9-4-2-5-10-21)31-26(32-34)23-12-6-3-7-13-23/h2-13,16-17H,14-15,18-19H2,1H3,(H,30,35). The molecule has 0 saturated carbocycles. The first-order chi connectivity index (χ1) is 17.6. The number of benzene rings is 2. The fourth-order valence-electron chi connectivity index (χ4n) is 4.19. The first-order valence-electron chi connectivity index (χ1n) is 11.8. The summed E-state index contributed by atoms with van der Waals surface area (Å²) in [5, 5.41) is 7.46. The van der Waals surface area contributed by atoms with E-state index in [4.69, 9.17) is 4.98 Å². The zero-order valence-corrected chi connectivity index (χ0v) is 20.0. The molecule has 1 amide bonds. The molecule has 3 heterocycles. The van der Waals surface area contributed by atoms with Crippen molar-refractivity contribution in [3.63, 3.8) is 0 Å². The van der Waals surface area contributed by atoms with Crippen LogP contribution in [0.1, 0.15) is 28.8 Å². The maximum absolute atomic E-state index is 13.5. The van der Waals surface area contributed by atoms with Crippen molar-refractivity contribution < 1.29 is 4.79 Å². The van der Waals surface area contributed by atoms with Crippen LogP contribution in [-0.4, -0.2) is 30.1 Å². The van der Waals surface area contributed by atoms with Crippen molar-refractivity contribution in [1.82, 2.24) is 29.5 Å². The molecule has 0 aliphatic carbocycles. The summed E-state index contributed by atoms with van der Waals surface area (Å²) >= 11 is 0. The monoisotopic (exact) mass is 478 g/mol. The minimum atomic E-state index is -0.249. The van der Waals surface area contributed by atoms with Crippen molar-refractivity contribution in [1.29, 1.82) is 0 Å². The molecule has 2 aromatic carbocycles. The highest BCUT2D eigenvalue weighted by atomic mass is 16.1. The Balaban J connectivity index is 1.48. The highest BCUT2D eigenvalue weighted by molar-refractivity contribution is 5.76. The molecule has 0 aliphatic rings. The number of hydrogen-bond donors (Lipinski definition) is 1. The molecule has 8 heteroatoms. The van der Waals surface area contributed by atoms with Gasteiger partial charge in [0.25, 0.3) is 5.56 Å². The summed E-state index contributed by atoms with van der Waals surface area (Å²) in [5.41, 5.74) is 3.92. The number of carbonyl (C=O) groups is 1. The number of nitrogens with one attached hydrogen (secondary N) is 1. The highest BCUT2D eigenvalue weighted by Crippen LogP contribution is 2.18. The Hall–Kier alpha value is -4.59. The number of amides is 1. The molecule has 0 bridgehead atoms. The third kappa shape index (κ3) is 4.93. The number of nitrogens with zero attached hydrogens (tertiary/aromatic N) is 5. The zero-order chi connectivity index (χ0) is 24.9. The third-order valence-corrected chi connectivity index (χ3v) is 6.15. The van der Waals surface area contributed by atoms with E-state index >= 15 is 0 Å². The van der Waals surface area contributed by atoms with Crippen molar-refractivity contribution in [2.24, 2.45) is 0 Å². The maximum Gasteiger partial charge on any atom is 0.279 e. The van der Waals surface area contributed by atoms with Gasteiger partial charge in [-0.05, 0) is 30.5 Å². The molecule has 0 spiro atoms. The van der Waals surface area contributed by atoms with Gasteiger partial charge in [-0.1, -0.05) is 66.7 Å². The van der Waals surface area contributed by atoms with E-state index < -0.39 is 0 Å². The molecular formula is C28H26N6O2. The molecule has 0 unspecified atom stereocenters. The largest absolute Gasteiger partial charge is 0.352 e. The van der Waals surface area contributed by atoms with E-state index in [1.165, 1.54) is 4.52 Å². The summed E-state index contributed by atoms with van der Waals surface area (Å²) in [6.07, 6.45) is 3.90. The Morgan fingerprint density at radius 1 is 0.944 bits per heavy atom. The molecule has 8 nitrogen and oxygen atoms in total. The highest BCUT2D eigenvalue weighted by Gasteiger charge is 2.19. The van der Waals surface area contributed by atoms with Crippen LogP contribution in [-0.2, 0) is 24.3 Å². The van der Waals surface area contributed by atoms with Gasteiger partial charge in [0.2, 0.25) is 11.7 Å². The van der Waals surface area contributed by atoms with Crippen molar-refractivity contribution in [2.75, 3.05) is 0 Å². The Labute approximate surface area is 208 Å². The number of rotatable bonds is 8. The molecule has 5 aromatic rings. The van der Waals surface area contributed by atoms with Gasteiger partial charge in [0, 0.05) is 42.2 Å². The van der Waals surface area contributed by atoms with Crippen LogP contribution < -0.4 is 10.9 Å². The van der Waals surface area contributed by atoms with E-state index in [-0.39, 0.29) is 17.9 Å². The van der Waals surface area contributed by atoms with E-state index in [2.05, 4.69) is 15.4 Å². The van der Waals surface area contributed by atoms with Gasteiger partial charge in [0.1, 0.15) is 0 Å². The zero-order valence-electron chi connectivity index (χ0n) is 20.0. The lowest BCUT2D eigenvalue weighted by molar-refractivity contribution is -0.121. The lowest BCUT2D eigenvalue weighted by Crippen LogP contribution is -2.28. The van der Waals surface area contributed by atoms with Crippen molar-refractivity contribution in [3.05, 3.63) is 118 Å². The van der Waals surface area contributed by atoms with Crippen LogP contribution in [0.3, 0.4) is 0 Å². The lowest BCUT2D eigenvalue weighted by Gasteiger charge is -2.15. The fourth-order valence-corrected chi connectivity index (χ4v) is 4.19. The number of hydrogen-bond acceptors (Lipinski definition) is 5. The van der Waals surface area contributed by atoms with Gasteiger partial charge in [-0.2, -0.15) is 9.50 Å². The fraction of sp³-hybridized carbons (Fsp3) is 0.179. The third-order valence-electron chi connectivity index (χ3n) is 6.15. The van der Waals surface area contributed by atoms with E-state index in [1.54, 1.807) is 12.4 Å². The molecule has 3 aromatic heterocycles. The summed E-state index contributed by atoms with van der Waals surface area (Å²) in [4.78, 5) is 34.9. The van der Waals surface area contributed by atoms with Crippen LogP contribution in [0.2, 0.25) is 0 Å². The first kappa shape index (κ1) is 23.2. The van der Waals surface area contributed by atoms with E-state index in [1.807, 2.05) is 84.3 Å². The Morgan fingerprint density at radius 2 is 1.67 bits per heavy atom. The summed E-state index contributed by atoms with van der Waals surface area (Å²) in [6, 6.07) is 23.3. The molecule has 0 radical (unpaired) electrons. The second-order valence-corrected chi connectivity index (χ2v) is 8.59. The summed E-state index contributed by atoms with van der Waals surface area (Å²) < 4.78 is 3.36. The molecular weight excluding hydrogens is 452 g/mol. The van der Waals surface area contributed by atoms with E-state index in [9.17, 15) is 9.59 Å². The predicted molar refractivity (Wildman–Crippen MR) is 137 cm³/mol. The van der Waals surface area contributed by atoms with Crippen LogP contribution in [0.15, 0.2) is 90.0 Å². The van der Waals surface area contributed by atoms with Gasteiger partial charge in [-0.15, -0.1) is 5.10 Å². The second kappa shape index (κ2) is 10.4. The lowest BCUT2D eigenvalue weighted by atomic mass is 10.1. The van der Waals surface area contributed by atoms with Gasteiger partial charge >= 0.3 is 0 Å². The van der Waals surface area contributed by atoms with Gasteiger partial charge < -0.3 is 9.88 Å². The van der Waals surface area contributed by atoms with Crippen molar-refractivity contribution in [2.45, 2.75) is 32.9 Å². The average molecular weight is 479 g/mol. The van der Waals surface area contributed by atoms with Crippen LogP contribution in [0.25, 0.3) is 17.2 Å². The first-order valence-corrected chi connectivity index (χ1v) is 11.8.